The number of carbonyl (C=O) groups excluding carboxylic acids is 1. The summed E-state index contributed by atoms with van der Waals surface area (Å²) in [7, 11) is 1.42. The van der Waals surface area contributed by atoms with Crippen LogP contribution in [0.15, 0.2) is 46.1 Å². The van der Waals surface area contributed by atoms with Gasteiger partial charge in [-0.05, 0) is 22.4 Å². The number of nitrogens with two attached hydrogens (primary N) is 1. The van der Waals surface area contributed by atoms with E-state index in [2.05, 4.69) is 35.8 Å². The lowest BCUT2D eigenvalue weighted by Crippen LogP contribution is -2.19. The van der Waals surface area contributed by atoms with Crippen molar-refractivity contribution in [3.05, 3.63) is 67.8 Å². The maximum Gasteiger partial charge on any atom is 0.294 e. The molecule has 4 aromatic rings. The smallest absolute Gasteiger partial charge is 0.294 e. The van der Waals surface area contributed by atoms with E-state index in [1.54, 1.807) is 0 Å². The summed E-state index contributed by atoms with van der Waals surface area (Å²) in [4.78, 5) is 23.6. The van der Waals surface area contributed by atoms with E-state index >= 15 is 0 Å². The molecule has 1 amide bonds. The van der Waals surface area contributed by atoms with Gasteiger partial charge in [-0.1, -0.05) is 40.5 Å². The number of ether oxygens (including phenoxy) is 1. The lowest BCUT2D eigenvalue weighted by molar-refractivity contribution is -0.384. The highest BCUT2D eigenvalue weighted by atomic mass is 35.5. The van der Waals surface area contributed by atoms with Crippen LogP contribution in [-0.4, -0.2) is 49.5 Å². The van der Waals surface area contributed by atoms with E-state index < -0.39 is 10.8 Å². The summed E-state index contributed by atoms with van der Waals surface area (Å²) in [6, 6.07) is 8.50. The van der Waals surface area contributed by atoms with Crippen molar-refractivity contribution in [1.82, 2.24) is 30.7 Å². The lowest BCUT2D eigenvalue weighted by Gasteiger charge is -2.07. The molecule has 0 saturated carbocycles. The number of hydrogen-bond donors (Lipinski definition) is 2. The zero-order valence-electron chi connectivity index (χ0n) is 17.5. The number of aromatic nitrogens is 5. The molecule has 0 radical (unpaired) electrons. The van der Waals surface area contributed by atoms with Gasteiger partial charge < -0.3 is 10.5 Å². The minimum Gasteiger partial charge on any atom is -0.495 e. The van der Waals surface area contributed by atoms with Gasteiger partial charge in [-0.2, -0.15) is 9.78 Å². The molecule has 178 valence electrons. The number of hydrogen-bond acceptors (Lipinski definition) is 11. The van der Waals surface area contributed by atoms with E-state index in [0.29, 0.717) is 16.3 Å². The second-order valence-electron chi connectivity index (χ2n) is 6.69. The van der Waals surface area contributed by atoms with Gasteiger partial charge in [0.05, 0.1) is 23.3 Å². The van der Waals surface area contributed by atoms with Crippen LogP contribution in [0.5, 0.6) is 5.75 Å². The third-order valence-electron chi connectivity index (χ3n) is 4.52. The molecule has 0 atom stereocenters. The average molecular weight is 518 g/mol. The number of rotatable bonds is 7. The molecule has 0 aliphatic heterocycles. The fourth-order valence-corrected chi connectivity index (χ4v) is 3.64. The first kappa shape index (κ1) is 23.6. The van der Waals surface area contributed by atoms with E-state index in [-0.39, 0.29) is 39.3 Å². The summed E-state index contributed by atoms with van der Waals surface area (Å²) in [6.45, 7) is 0. The van der Waals surface area contributed by atoms with Crippen LogP contribution in [0.25, 0.3) is 17.1 Å². The zero-order valence-corrected chi connectivity index (χ0v) is 19.1. The summed E-state index contributed by atoms with van der Waals surface area (Å²) in [5.74, 6) is -0.709. The lowest BCUT2D eigenvalue weighted by atomic mass is 10.1. The third-order valence-corrected chi connectivity index (χ3v) is 5.02. The molecule has 2 aromatic carbocycles. The van der Waals surface area contributed by atoms with Gasteiger partial charge in [-0.25, -0.2) is 10.1 Å². The van der Waals surface area contributed by atoms with Crippen LogP contribution in [-0.2, 0) is 0 Å². The van der Waals surface area contributed by atoms with Crippen LogP contribution in [0.1, 0.15) is 16.1 Å². The average Bonchev–Trinajstić information content (AvgIpc) is 3.44. The van der Waals surface area contributed by atoms with Crippen molar-refractivity contribution in [1.29, 1.82) is 0 Å². The summed E-state index contributed by atoms with van der Waals surface area (Å²) in [6.07, 6.45) is 1.27. The van der Waals surface area contributed by atoms with Crippen molar-refractivity contribution in [2.75, 3.05) is 12.8 Å². The highest BCUT2D eigenvalue weighted by Gasteiger charge is 2.26. The zero-order chi connectivity index (χ0) is 25.1. The number of hydrazone groups is 1. The van der Waals surface area contributed by atoms with Gasteiger partial charge in [0.25, 0.3) is 11.6 Å². The molecule has 14 nitrogen and oxygen atoms in total. The Hall–Kier alpha value is -4.56. The molecular weight excluding hydrogens is 505 g/mol. The predicted octanol–water partition coefficient (Wildman–Crippen LogP) is 2.89. The van der Waals surface area contributed by atoms with Gasteiger partial charge in [0.1, 0.15) is 11.4 Å². The number of nitrogen functional groups attached to an aromatic ring is 1. The Kier molecular flexibility index (Phi) is 6.57. The van der Waals surface area contributed by atoms with Gasteiger partial charge in [0.15, 0.2) is 5.69 Å². The monoisotopic (exact) mass is 517 g/mol. The van der Waals surface area contributed by atoms with Crippen LogP contribution in [0.3, 0.4) is 0 Å². The topological polar surface area (TPSA) is 189 Å². The van der Waals surface area contributed by atoms with Crippen molar-refractivity contribution >= 4 is 46.8 Å². The molecule has 16 heteroatoms. The van der Waals surface area contributed by atoms with Crippen molar-refractivity contribution in [2.24, 2.45) is 5.10 Å². The Morgan fingerprint density at radius 3 is 2.80 bits per heavy atom. The molecule has 0 fully saturated rings. The van der Waals surface area contributed by atoms with Gasteiger partial charge in [-0.15, -0.1) is 5.10 Å². The molecule has 2 heterocycles. The number of halogens is 2. The normalized spacial score (nSPS) is 11.1. The number of non-ortho nitro benzene ring substituents is 1. The number of nitro benzene ring substituents is 1. The van der Waals surface area contributed by atoms with E-state index in [0.717, 1.165) is 4.68 Å². The first-order chi connectivity index (χ1) is 16.8. The number of nitrogens with zero attached hydrogens (tertiary/aromatic N) is 7. The van der Waals surface area contributed by atoms with E-state index in [9.17, 15) is 14.9 Å². The highest BCUT2D eigenvalue weighted by Crippen LogP contribution is 2.31. The fraction of sp³-hybridized carbons (Fsp3) is 0.0526. The van der Waals surface area contributed by atoms with E-state index in [1.807, 2.05) is 0 Å². The summed E-state index contributed by atoms with van der Waals surface area (Å²) >= 11 is 12.1. The summed E-state index contributed by atoms with van der Waals surface area (Å²) in [5.41, 5.74) is 8.26. The SMILES string of the molecule is COc1c(Cl)cc(Cl)cc1/C=N/NC(=O)c1nnn(-c2nonc2N)c1-c1cccc([N+](=O)[O-])c1. The first-order valence-electron chi connectivity index (χ1n) is 9.45. The second-order valence-corrected chi connectivity index (χ2v) is 7.53. The summed E-state index contributed by atoms with van der Waals surface area (Å²) in [5, 5.41) is 30.7. The predicted molar refractivity (Wildman–Crippen MR) is 124 cm³/mol. The fourth-order valence-electron chi connectivity index (χ4n) is 3.05. The number of methoxy groups -OCH3 is 1. The van der Waals surface area contributed by atoms with E-state index in [4.69, 9.17) is 33.7 Å². The molecule has 0 aliphatic carbocycles. The molecule has 0 bridgehead atoms. The molecule has 0 saturated heterocycles. The number of nitro groups is 1. The molecular formula is C19H13Cl2N9O5. The van der Waals surface area contributed by atoms with Crippen molar-refractivity contribution < 1.29 is 19.1 Å². The molecule has 2 aromatic heterocycles. The molecule has 3 N–H and O–H groups in total. The number of anilines is 1. The Morgan fingerprint density at radius 1 is 1.31 bits per heavy atom. The van der Waals surface area contributed by atoms with Crippen LogP contribution >= 0.6 is 23.2 Å². The van der Waals surface area contributed by atoms with Gasteiger partial charge >= 0.3 is 0 Å². The largest absolute Gasteiger partial charge is 0.495 e. The highest BCUT2D eigenvalue weighted by molar-refractivity contribution is 6.36. The Balaban J connectivity index is 1.73. The van der Waals surface area contributed by atoms with Crippen molar-refractivity contribution in [2.45, 2.75) is 0 Å². The van der Waals surface area contributed by atoms with Gasteiger partial charge in [-0.3, -0.25) is 14.9 Å². The standard InChI is InChI=1S/C19H13Cl2N9O5/c1-34-16-10(5-11(20)7-13(16)21)8-23-25-19(31)14-15(9-3-2-4-12(6-9)30(32)33)29(28-24-14)18-17(22)26-35-27-18/h2-8H,1H3,(H2,22,26)(H,25,31)/b23-8+. The molecule has 0 aliphatic rings. The minimum absolute atomic E-state index is 0.0344. The number of amides is 1. The molecule has 0 unspecified atom stereocenters. The molecule has 4 rings (SSSR count). The summed E-state index contributed by atoms with van der Waals surface area (Å²) < 4.78 is 10.9. The second kappa shape index (κ2) is 9.74. The third kappa shape index (κ3) is 4.73. The first-order valence-corrected chi connectivity index (χ1v) is 10.2. The molecule has 35 heavy (non-hydrogen) atoms. The van der Waals surface area contributed by atoms with Crippen LogP contribution in [0.4, 0.5) is 11.5 Å². The van der Waals surface area contributed by atoms with Crippen molar-refractivity contribution in [3.63, 3.8) is 0 Å². The Bertz CT molecular complexity index is 1470. The quantitative estimate of drug-likeness (QED) is 0.209. The van der Waals surface area contributed by atoms with E-state index in [1.165, 1.54) is 49.7 Å². The number of benzene rings is 2. The maximum atomic E-state index is 13.0. The van der Waals surface area contributed by atoms with Crippen LogP contribution in [0, 0.1) is 10.1 Å². The van der Waals surface area contributed by atoms with Gasteiger partial charge in [0, 0.05) is 28.3 Å². The minimum atomic E-state index is -0.795. The number of nitrogens with one attached hydrogen (secondary N) is 1. The Labute approximate surface area is 205 Å². The van der Waals surface area contributed by atoms with Crippen LogP contribution in [0.2, 0.25) is 10.0 Å². The maximum absolute atomic E-state index is 13.0. The van der Waals surface area contributed by atoms with Crippen molar-refractivity contribution in [3.8, 4) is 22.8 Å². The number of carbonyl (C=O) groups is 1. The van der Waals surface area contributed by atoms with Gasteiger partial charge in [0.2, 0.25) is 11.6 Å². The van der Waals surface area contributed by atoms with Crippen LogP contribution < -0.4 is 15.9 Å². The Morgan fingerprint density at radius 2 is 2.11 bits per heavy atom. The molecule has 0 spiro atoms.